The van der Waals surface area contributed by atoms with Crippen molar-refractivity contribution in [2.75, 3.05) is 6.54 Å². The lowest BCUT2D eigenvalue weighted by Gasteiger charge is -2.33. The van der Waals surface area contributed by atoms with Gasteiger partial charge in [-0.1, -0.05) is 0 Å². The van der Waals surface area contributed by atoms with Crippen LogP contribution in [0.3, 0.4) is 0 Å². The molecule has 0 aromatic carbocycles. The lowest BCUT2D eigenvalue weighted by atomic mass is 10.1. The number of imide groups is 1. The van der Waals surface area contributed by atoms with Gasteiger partial charge in [0, 0.05) is 0 Å². The highest BCUT2D eigenvalue weighted by Crippen LogP contribution is 2.07. The fraction of sp³-hybridized carbons (Fsp3) is 0.500. The third kappa shape index (κ3) is 2.14. The van der Waals surface area contributed by atoms with Crippen LogP contribution in [0.4, 0.5) is 4.79 Å². The highest BCUT2D eigenvalue weighted by Gasteiger charge is 2.39. The van der Waals surface area contributed by atoms with Crippen LogP contribution in [0.25, 0.3) is 0 Å². The van der Waals surface area contributed by atoms with Crippen molar-refractivity contribution in [1.29, 1.82) is 0 Å². The molecule has 0 saturated carbocycles. The van der Waals surface area contributed by atoms with Crippen LogP contribution in [-0.2, 0) is 15.0 Å². The molecule has 1 fully saturated rings. The van der Waals surface area contributed by atoms with Gasteiger partial charge in [-0.05, 0) is 0 Å². The van der Waals surface area contributed by atoms with Crippen LogP contribution in [0.2, 0.25) is 0 Å². The van der Waals surface area contributed by atoms with Crippen molar-refractivity contribution in [3.63, 3.8) is 0 Å². The van der Waals surface area contributed by atoms with Crippen LogP contribution >= 0.6 is 0 Å². The first-order chi connectivity index (χ1) is 5.81. The zero-order valence-corrected chi connectivity index (χ0v) is 7.24. The normalized spacial score (nSPS) is 22.5. The molecule has 5 N–H and O–H groups in total. The van der Waals surface area contributed by atoms with Crippen LogP contribution in [0.5, 0.6) is 0 Å². The fourth-order valence-electron chi connectivity index (χ4n) is 0.812. The molecule has 0 unspecified atom stereocenters. The van der Waals surface area contributed by atoms with Gasteiger partial charge in [0.25, 0.3) is 10.2 Å². The van der Waals surface area contributed by atoms with E-state index in [2.05, 4.69) is 5.14 Å². The van der Waals surface area contributed by atoms with Gasteiger partial charge in [-0.15, -0.1) is 0 Å². The van der Waals surface area contributed by atoms with Gasteiger partial charge in [0.2, 0.25) is 5.91 Å². The van der Waals surface area contributed by atoms with E-state index in [0.29, 0.717) is 4.90 Å². The van der Waals surface area contributed by atoms with Gasteiger partial charge in [0.15, 0.2) is 0 Å². The Bertz CT molecular complexity index is 349. The molecule has 3 amide bonds. The maximum absolute atomic E-state index is 10.9. The Morgan fingerprint density at radius 1 is 1.62 bits per heavy atom. The Morgan fingerprint density at radius 2 is 2.15 bits per heavy atom. The van der Waals surface area contributed by atoms with Crippen molar-refractivity contribution < 1.29 is 18.0 Å². The van der Waals surface area contributed by atoms with Gasteiger partial charge in [-0.25, -0.2) is 14.7 Å². The molecular formula is C4H8N4O4S. The number of carbonyl (C=O) groups excluding carboxylic acids is 2. The molecule has 0 radical (unpaired) electrons. The summed E-state index contributed by atoms with van der Waals surface area (Å²) in [6.45, 7) is 0.000185. The summed E-state index contributed by atoms with van der Waals surface area (Å²) < 4.78 is 22.1. The summed E-state index contributed by atoms with van der Waals surface area (Å²) >= 11 is 0. The minimum absolute atomic E-state index is 0.000185. The largest absolute Gasteiger partial charge is 0.338 e. The van der Waals surface area contributed by atoms with Gasteiger partial charge < -0.3 is 5.73 Å². The van der Waals surface area contributed by atoms with Crippen LogP contribution < -0.4 is 15.6 Å². The smallest absolute Gasteiger partial charge is 0.318 e. The Kier molecular flexibility index (Phi) is 2.24. The maximum atomic E-state index is 10.9. The lowest BCUT2D eigenvalue weighted by Crippen LogP contribution is -2.65. The van der Waals surface area contributed by atoms with Crippen molar-refractivity contribution in [1.82, 2.24) is 9.62 Å². The van der Waals surface area contributed by atoms with E-state index in [1.165, 1.54) is 4.72 Å². The predicted octanol–water partition coefficient (Wildman–Crippen LogP) is -2.93. The highest BCUT2D eigenvalue weighted by atomic mass is 32.2. The molecule has 0 bridgehead atoms. The second-order valence-electron chi connectivity index (χ2n) is 2.51. The van der Waals surface area contributed by atoms with Crippen molar-refractivity contribution >= 4 is 22.1 Å². The lowest BCUT2D eigenvalue weighted by molar-refractivity contribution is -0.137. The zero-order chi connectivity index (χ0) is 10.2. The fourth-order valence-corrected chi connectivity index (χ4v) is 1.17. The molecule has 1 heterocycles. The summed E-state index contributed by atoms with van der Waals surface area (Å²) in [7, 11) is -4.12. The summed E-state index contributed by atoms with van der Waals surface area (Å²) in [6.07, 6.45) is 0. The number of rotatable bonds is 1. The third-order valence-electron chi connectivity index (χ3n) is 1.44. The molecule has 8 nitrogen and oxygen atoms in total. The topological polar surface area (TPSA) is 136 Å². The average molecular weight is 208 g/mol. The standard InChI is InChI=1S/C4H8N4O4S/c5-2-1-8(3(2)9)4(10)7-13(6,11)12/h2H,1,5H2,(H,7,10)(H2,6,11,12)/t2-/m0/s1. The van der Waals surface area contributed by atoms with E-state index >= 15 is 0 Å². The number of nitrogens with two attached hydrogens (primary N) is 2. The third-order valence-corrected chi connectivity index (χ3v) is 1.90. The number of β-lactam (4-membered cyclic amide) rings is 1. The van der Waals surface area contributed by atoms with Gasteiger partial charge in [0.1, 0.15) is 6.04 Å². The molecule has 1 saturated heterocycles. The summed E-state index contributed by atoms with van der Waals surface area (Å²) in [5.41, 5.74) is 5.16. The van der Waals surface area contributed by atoms with Gasteiger partial charge in [0.05, 0.1) is 6.54 Å². The first kappa shape index (κ1) is 9.89. The number of hydrogen-bond donors (Lipinski definition) is 3. The van der Waals surface area contributed by atoms with Crippen LogP contribution in [0.1, 0.15) is 0 Å². The quantitative estimate of drug-likeness (QED) is 0.396. The minimum atomic E-state index is -4.12. The number of hydrogen-bond acceptors (Lipinski definition) is 5. The van der Waals surface area contributed by atoms with E-state index in [9.17, 15) is 18.0 Å². The Hall–Kier alpha value is -1.19. The summed E-state index contributed by atoms with van der Waals surface area (Å²) in [5, 5.41) is 4.50. The molecule has 1 aliphatic rings. The molecular weight excluding hydrogens is 200 g/mol. The van der Waals surface area contributed by atoms with Crippen molar-refractivity contribution in [2.45, 2.75) is 6.04 Å². The highest BCUT2D eigenvalue weighted by molar-refractivity contribution is 7.87. The van der Waals surface area contributed by atoms with E-state index in [4.69, 9.17) is 5.73 Å². The van der Waals surface area contributed by atoms with E-state index in [0.717, 1.165) is 0 Å². The van der Waals surface area contributed by atoms with Crippen molar-refractivity contribution in [3.8, 4) is 0 Å². The molecule has 1 rings (SSSR count). The molecule has 1 aliphatic heterocycles. The minimum Gasteiger partial charge on any atom is -0.318 e. The number of carbonyl (C=O) groups is 2. The Balaban J connectivity index is 2.57. The van der Waals surface area contributed by atoms with Gasteiger partial charge in [-0.2, -0.15) is 8.42 Å². The molecule has 9 heteroatoms. The van der Waals surface area contributed by atoms with E-state index in [-0.39, 0.29) is 6.54 Å². The number of nitrogens with one attached hydrogen (secondary N) is 1. The molecule has 1 atom stereocenters. The molecule has 0 aliphatic carbocycles. The monoisotopic (exact) mass is 208 g/mol. The molecule has 0 aromatic rings. The average Bonchev–Trinajstić information content (AvgIpc) is 1.95. The second kappa shape index (κ2) is 2.94. The molecule has 0 spiro atoms. The Morgan fingerprint density at radius 3 is 2.46 bits per heavy atom. The Labute approximate surface area is 74.0 Å². The maximum Gasteiger partial charge on any atom is 0.338 e. The summed E-state index contributed by atoms with van der Waals surface area (Å²) in [6, 6.07) is -1.81. The number of urea groups is 1. The second-order valence-corrected chi connectivity index (χ2v) is 3.80. The van der Waals surface area contributed by atoms with Crippen LogP contribution in [-0.4, -0.2) is 37.8 Å². The van der Waals surface area contributed by atoms with Crippen molar-refractivity contribution in [2.24, 2.45) is 10.9 Å². The zero-order valence-electron chi connectivity index (χ0n) is 6.43. The summed E-state index contributed by atoms with van der Waals surface area (Å²) in [4.78, 5) is 22.3. The van der Waals surface area contributed by atoms with E-state index < -0.39 is 28.2 Å². The van der Waals surface area contributed by atoms with E-state index in [1.807, 2.05) is 0 Å². The predicted molar refractivity (Wildman–Crippen MR) is 41.3 cm³/mol. The summed E-state index contributed by atoms with van der Waals surface area (Å²) in [5.74, 6) is -0.624. The first-order valence-electron chi connectivity index (χ1n) is 3.23. The number of likely N-dealkylation sites (tertiary alicyclic amines) is 1. The van der Waals surface area contributed by atoms with E-state index in [1.54, 1.807) is 0 Å². The molecule has 74 valence electrons. The van der Waals surface area contributed by atoms with Gasteiger partial charge in [-0.3, -0.25) is 9.69 Å². The number of nitrogens with zero attached hydrogens (tertiary/aromatic N) is 1. The SMILES string of the molecule is N[C@H]1CN(C(=O)NS(N)(=O)=O)C1=O. The van der Waals surface area contributed by atoms with Gasteiger partial charge >= 0.3 is 6.03 Å². The van der Waals surface area contributed by atoms with Crippen molar-refractivity contribution in [3.05, 3.63) is 0 Å². The number of amides is 3. The van der Waals surface area contributed by atoms with Crippen LogP contribution in [0, 0.1) is 0 Å². The van der Waals surface area contributed by atoms with Crippen LogP contribution in [0.15, 0.2) is 0 Å². The first-order valence-corrected chi connectivity index (χ1v) is 4.77. The molecule has 0 aromatic heterocycles. The molecule has 13 heavy (non-hydrogen) atoms.